The molecule has 1 aliphatic heterocycles. The predicted octanol–water partition coefficient (Wildman–Crippen LogP) is 4.39. The highest BCUT2D eigenvalue weighted by Crippen LogP contribution is 2.26. The van der Waals surface area contributed by atoms with E-state index >= 15 is 0 Å². The predicted molar refractivity (Wildman–Crippen MR) is 109 cm³/mol. The van der Waals surface area contributed by atoms with Crippen molar-refractivity contribution in [3.63, 3.8) is 0 Å². The lowest BCUT2D eigenvalue weighted by Gasteiger charge is -2.25. The third kappa shape index (κ3) is 3.36. The topological polar surface area (TPSA) is 41.9 Å². The van der Waals surface area contributed by atoms with Gasteiger partial charge in [-0.25, -0.2) is 4.68 Å². The highest BCUT2D eigenvalue weighted by Gasteiger charge is 2.22. The maximum Gasteiger partial charge on any atom is 0.171 e. The maximum absolute atomic E-state index is 6.00. The summed E-state index contributed by atoms with van der Waals surface area (Å²) in [5, 5.41) is 12.5. The van der Waals surface area contributed by atoms with Crippen LogP contribution in [0.1, 0.15) is 22.9 Å². The zero-order chi connectivity index (χ0) is 18.1. The van der Waals surface area contributed by atoms with Crippen LogP contribution in [0.15, 0.2) is 66.9 Å². The lowest BCUT2D eigenvalue weighted by atomic mass is 10.0. The van der Waals surface area contributed by atoms with E-state index in [9.17, 15) is 0 Å². The molecule has 6 heteroatoms. The number of hydrogen-bond donors (Lipinski definition) is 2. The normalized spacial score (nSPS) is 16.6. The Morgan fingerprint density at radius 2 is 1.81 bits per heavy atom. The molecule has 0 radical (unpaired) electrons. The Morgan fingerprint density at radius 3 is 2.54 bits per heavy atom. The molecule has 4 rings (SSSR count). The average molecular weight is 381 g/mol. The second-order valence-electron chi connectivity index (χ2n) is 6.11. The molecule has 0 fully saturated rings. The summed E-state index contributed by atoms with van der Waals surface area (Å²) in [4.78, 5) is 0. The van der Waals surface area contributed by atoms with Gasteiger partial charge in [-0.15, -0.1) is 0 Å². The Hall–Kier alpha value is -2.63. The van der Waals surface area contributed by atoms with Gasteiger partial charge in [0.15, 0.2) is 5.11 Å². The SMILES string of the molecule is Cc1nn(-c2ccccc2)cc1[C@H]1C=C(c2ccc(Cl)cc2)NC(=S)N1. The lowest BCUT2D eigenvalue weighted by Crippen LogP contribution is -2.40. The standard InChI is InChI=1S/C20H17ClN4S/c1-13-17(12-25(24-13)16-5-3-2-4-6-16)19-11-18(22-20(26)23-19)14-7-9-15(21)10-8-14/h2-12,19H,1H3,(H2,22,23,26)/t19-/m1/s1. The van der Waals surface area contributed by atoms with Gasteiger partial charge in [0.1, 0.15) is 0 Å². The molecular formula is C20H17ClN4S. The summed E-state index contributed by atoms with van der Waals surface area (Å²) in [6.07, 6.45) is 4.17. The van der Waals surface area contributed by atoms with Crippen LogP contribution >= 0.6 is 23.8 Å². The van der Waals surface area contributed by atoms with Crippen LogP contribution < -0.4 is 10.6 Å². The van der Waals surface area contributed by atoms with Crippen molar-refractivity contribution in [2.24, 2.45) is 0 Å². The molecule has 0 amide bonds. The zero-order valence-corrected chi connectivity index (χ0v) is 15.7. The molecule has 0 spiro atoms. The fraction of sp³-hybridized carbons (Fsp3) is 0.100. The first-order valence-corrected chi connectivity index (χ1v) is 9.05. The summed E-state index contributed by atoms with van der Waals surface area (Å²) in [6, 6.07) is 17.7. The second kappa shape index (κ2) is 6.94. The van der Waals surface area contributed by atoms with Gasteiger partial charge in [-0.05, 0) is 55.0 Å². The van der Waals surface area contributed by atoms with Gasteiger partial charge in [0.2, 0.25) is 0 Å². The van der Waals surface area contributed by atoms with E-state index in [1.165, 1.54) is 0 Å². The van der Waals surface area contributed by atoms with E-state index in [0.717, 1.165) is 28.2 Å². The molecule has 1 atom stereocenters. The number of thiocarbonyl (C=S) groups is 1. The van der Waals surface area contributed by atoms with Crippen molar-refractivity contribution >= 4 is 34.6 Å². The molecule has 2 N–H and O–H groups in total. The number of rotatable bonds is 3. The number of halogens is 1. The monoisotopic (exact) mass is 380 g/mol. The van der Waals surface area contributed by atoms with E-state index in [4.69, 9.17) is 23.8 Å². The van der Waals surface area contributed by atoms with Crippen LogP contribution in [0.25, 0.3) is 11.4 Å². The van der Waals surface area contributed by atoms with Crippen molar-refractivity contribution < 1.29 is 0 Å². The van der Waals surface area contributed by atoms with Crippen LogP contribution in [0.5, 0.6) is 0 Å². The Balaban J connectivity index is 1.70. The molecule has 3 aromatic rings. The molecule has 4 nitrogen and oxygen atoms in total. The number of nitrogens with one attached hydrogen (secondary N) is 2. The Labute approximate surface area is 162 Å². The smallest absolute Gasteiger partial charge is 0.171 e. The lowest BCUT2D eigenvalue weighted by molar-refractivity contribution is 0.760. The minimum Gasteiger partial charge on any atom is -0.352 e. The number of para-hydroxylation sites is 1. The molecule has 1 aliphatic rings. The van der Waals surface area contributed by atoms with Gasteiger partial charge in [0.25, 0.3) is 0 Å². The number of benzene rings is 2. The van der Waals surface area contributed by atoms with Crippen LogP contribution in [0.4, 0.5) is 0 Å². The van der Waals surface area contributed by atoms with Crippen molar-refractivity contribution in [3.05, 3.63) is 88.7 Å². The summed E-state index contributed by atoms with van der Waals surface area (Å²) in [6.45, 7) is 2.01. The molecule has 0 bridgehead atoms. The zero-order valence-electron chi connectivity index (χ0n) is 14.1. The van der Waals surface area contributed by atoms with Crippen LogP contribution in [0.3, 0.4) is 0 Å². The number of aromatic nitrogens is 2. The third-order valence-corrected chi connectivity index (χ3v) is 4.79. The molecule has 2 heterocycles. The molecule has 2 aromatic carbocycles. The summed E-state index contributed by atoms with van der Waals surface area (Å²) in [5.41, 5.74) is 5.07. The molecule has 0 unspecified atom stereocenters. The van der Waals surface area contributed by atoms with E-state index in [-0.39, 0.29) is 6.04 Å². The molecule has 26 heavy (non-hydrogen) atoms. The molecule has 130 valence electrons. The van der Waals surface area contributed by atoms with Crippen molar-refractivity contribution in [2.75, 3.05) is 0 Å². The van der Waals surface area contributed by atoms with E-state index in [1.807, 2.05) is 72.4 Å². The van der Waals surface area contributed by atoms with Crippen molar-refractivity contribution in [1.82, 2.24) is 20.4 Å². The van der Waals surface area contributed by atoms with E-state index in [0.29, 0.717) is 10.1 Å². The number of nitrogens with zero attached hydrogens (tertiary/aromatic N) is 2. The fourth-order valence-electron chi connectivity index (χ4n) is 3.01. The summed E-state index contributed by atoms with van der Waals surface area (Å²) >= 11 is 11.4. The van der Waals surface area contributed by atoms with Gasteiger partial charge in [0, 0.05) is 22.5 Å². The van der Waals surface area contributed by atoms with Gasteiger partial charge in [-0.1, -0.05) is 41.9 Å². The van der Waals surface area contributed by atoms with E-state index < -0.39 is 0 Å². The van der Waals surface area contributed by atoms with Crippen LogP contribution in [-0.4, -0.2) is 14.9 Å². The minimum absolute atomic E-state index is 0.0492. The minimum atomic E-state index is -0.0492. The summed E-state index contributed by atoms with van der Waals surface area (Å²) in [5.74, 6) is 0. The maximum atomic E-state index is 6.00. The molecule has 0 saturated heterocycles. The Kier molecular flexibility index (Phi) is 4.49. The number of aryl methyl sites for hydroxylation is 1. The van der Waals surface area contributed by atoms with Crippen LogP contribution in [0, 0.1) is 6.92 Å². The summed E-state index contributed by atoms with van der Waals surface area (Å²) in [7, 11) is 0. The van der Waals surface area contributed by atoms with Gasteiger partial charge in [0.05, 0.1) is 17.4 Å². The molecule has 0 aliphatic carbocycles. The molecule has 0 saturated carbocycles. The third-order valence-electron chi connectivity index (χ3n) is 4.32. The quantitative estimate of drug-likeness (QED) is 0.661. The van der Waals surface area contributed by atoms with Crippen LogP contribution in [-0.2, 0) is 0 Å². The second-order valence-corrected chi connectivity index (χ2v) is 6.96. The highest BCUT2D eigenvalue weighted by atomic mass is 35.5. The Bertz CT molecular complexity index is 977. The van der Waals surface area contributed by atoms with Crippen molar-refractivity contribution in [3.8, 4) is 5.69 Å². The van der Waals surface area contributed by atoms with E-state index in [1.54, 1.807) is 0 Å². The van der Waals surface area contributed by atoms with Gasteiger partial charge in [-0.3, -0.25) is 0 Å². The Morgan fingerprint density at radius 1 is 1.08 bits per heavy atom. The highest BCUT2D eigenvalue weighted by molar-refractivity contribution is 7.80. The first kappa shape index (κ1) is 16.8. The largest absolute Gasteiger partial charge is 0.352 e. The first-order valence-electron chi connectivity index (χ1n) is 8.27. The summed E-state index contributed by atoms with van der Waals surface area (Å²) < 4.78 is 1.90. The fourth-order valence-corrected chi connectivity index (χ4v) is 3.37. The van der Waals surface area contributed by atoms with Gasteiger partial charge < -0.3 is 10.6 Å². The molecular weight excluding hydrogens is 364 g/mol. The van der Waals surface area contributed by atoms with E-state index in [2.05, 4.69) is 21.8 Å². The van der Waals surface area contributed by atoms with Crippen LogP contribution in [0.2, 0.25) is 5.02 Å². The van der Waals surface area contributed by atoms with Gasteiger partial charge in [-0.2, -0.15) is 5.10 Å². The first-order chi connectivity index (χ1) is 12.6. The van der Waals surface area contributed by atoms with Crippen molar-refractivity contribution in [1.29, 1.82) is 0 Å². The average Bonchev–Trinajstić information content (AvgIpc) is 3.04. The van der Waals surface area contributed by atoms with Gasteiger partial charge >= 0.3 is 0 Å². The molecule has 1 aromatic heterocycles. The van der Waals surface area contributed by atoms with Crippen molar-refractivity contribution in [2.45, 2.75) is 13.0 Å². The number of hydrogen-bond acceptors (Lipinski definition) is 2.